The monoisotopic (exact) mass is 293 g/mol. The first-order valence-corrected chi connectivity index (χ1v) is 8.67. The van der Waals surface area contributed by atoms with E-state index in [1.807, 2.05) is 12.3 Å². The van der Waals surface area contributed by atoms with Gasteiger partial charge in [-0.3, -0.25) is 0 Å². The molecule has 2 fully saturated rings. The molecule has 0 bridgehead atoms. The summed E-state index contributed by atoms with van der Waals surface area (Å²) in [5, 5.41) is 0.779. The molecule has 0 amide bonds. The maximum absolute atomic E-state index is 5.51. The van der Waals surface area contributed by atoms with E-state index in [-0.39, 0.29) is 0 Å². The van der Waals surface area contributed by atoms with Crippen molar-refractivity contribution < 1.29 is 0 Å². The van der Waals surface area contributed by atoms with Crippen molar-refractivity contribution in [1.82, 2.24) is 9.97 Å². The van der Waals surface area contributed by atoms with E-state index < -0.39 is 0 Å². The van der Waals surface area contributed by atoms with Gasteiger partial charge in [-0.25, -0.2) is 15.8 Å². The molecule has 6 heteroatoms. The Morgan fingerprint density at radius 1 is 1.25 bits per heavy atom. The summed E-state index contributed by atoms with van der Waals surface area (Å²) >= 11 is 1.55. The molecule has 2 aliphatic rings. The molecular formula is C14H23N5S. The Labute approximate surface area is 124 Å². The smallest absolute Gasteiger partial charge is 0.191 e. The summed E-state index contributed by atoms with van der Waals surface area (Å²) < 4.78 is 0. The van der Waals surface area contributed by atoms with Crippen molar-refractivity contribution >= 4 is 23.4 Å². The fraction of sp³-hybridized carbons (Fsp3) is 0.714. The summed E-state index contributed by atoms with van der Waals surface area (Å²) in [6.45, 7) is 2.25. The van der Waals surface area contributed by atoms with E-state index in [1.54, 1.807) is 11.8 Å². The number of hydrogen-bond donors (Lipinski definition) is 2. The number of rotatable bonds is 3. The molecule has 2 heterocycles. The largest absolute Gasteiger partial charge is 0.356 e. The summed E-state index contributed by atoms with van der Waals surface area (Å²) in [6, 6.07) is 1.96. The molecule has 3 N–H and O–H groups in total. The minimum atomic E-state index is 0.699. The lowest BCUT2D eigenvalue weighted by atomic mass is 9.75. The quantitative estimate of drug-likeness (QED) is 0.386. The zero-order chi connectivity index (χ0) is 13.9. The second kappa shape index (κ2) is 6.18. The Hall–Kier alpha value is -1.01. The van der Waals surface area contributed by atoms with Crippen LogP contribution in [0, 0.1) is 11.8 Å². The highest BCUT2D eigenvalue weighted by molar-refractivity contribution is 7.98. The van der Waals surface area contributed by atoms with E-state index in [4.69, 9.17) is 5.84 Å². The lowest BCUT2D eigenvalue weighted by Crippen LogP contribution is -2.42. The molecule has 0 aromatic carbocycles. The van der Waals surface area contributed by atoms with Gasteiger partial charge >= 0.3 is 0 Å². The molecule has 2 unspecified atom stereocenters. The second-order valence-electron chi connectivity index (χ2n) is 5.78. The SMILES string of the molecule is CSc1nc(NN)cc(N2CCC3CCCCC3C2)n1. The van der Waals surface area contributed by atoms with Crippen molar-refractivity contribution in [2.45, 2.75) is 37.3 Å². The maximum atomic E-state index is 5.51. The molecule has 110 valence electrons. The van der Waals surface area contributed by atoms with E-state index >= 15 is 0 Å². The maximum Gasteiger partial charge on any atom is 0.191 e. The molecule has 1 aliphatic heterocycles. The fourth-order valence-electron chi connectivity index (χ4n) is 3.55. The van der Waals surface area contributed by atoms with E-state index in [0.29, 0.717) is 5.82 Å². The number of nitrogens with one attached hydrogen (secondary N) is 1. The van der Waals surface area contributed by atoms with Gasteiger partial charge < -0.3 is 10.3 Å². The highest BCUT2D eigenvalue weighted by Gasteiger charge is 2.31. The van der Waals surface area contributed by atoms with Crippen LogP contribution in [0.4, 0.5) is 11.6 Å². The molecule has 1 aromatic rings. The number of aromatic nitrogens is 2. The first-order valence-electron chi connectivity index (χ1n) is 7.45. The Morgan fingerprint density at radius 2 is 2.05 bits per heavy atom. The lowest BCUT2D eigenvalue weighted by molar-refractivity contribution is 0.202. The second-order valence-corrected chi connectivity index (χ2v) is 6.56. The molecule has 1 aliphatic carbocycles. The first-order chi connectivity index (χ1) is 9.80. The number of anilines is 2. The van der Waals surface area contributed by atoms with E-state index in [0.717, 1.165) is 35.9 Å². The molecule has 2 atom stereocenters. The van der Waals surface area contributed by atoms with Crippen LogP contribution in [0.5, 0.6) is 0 Å². The number of piperidine rings is 1. The zero-order valence-electron chi connectivity index (χ0n) is 12.0. The third kappa shape index (κ3) is 2.86. The average Bonchev–Trinajstić information content (AvgIpc) is 2.53. The van der Waals surface area contributed by atoms with E-state index in [1.165, 1.54) is 32.1 Å². The Morgan fingerprint density at radius 3 is 2.80 bits per heavy atom. The van der Waals surface area contributed by atoms with Gasteiger partial charge in [0.15, 0.2) is 5.16 Å². The van der Waals surface area contributed by atoms with Crippen LogP contribution in [0.25, 0.3) is 0 Å². The van der Waals surface area contributed by atoms with Crippen molar-refractivity contribution in [3.8, 4) is 0 Å². The Kier molecular flexibility index (Phi) is 4.31. The van der Waals surface area contributed by atoms with Crippen LogP contribution in [0.15, 0.2) is 11.2 Å². The van der Waals surface area contributed by atoms with Gasteiger partial charge in [0.25, 0.3) is 0 Å². The van der Waals surface area contributed by atoms with Crippen molar-refractivity contribution in [2.24, 2.45) is 17.7 Å². The van der Waals surface area contributed by atoms with Gasteiger partial charge in [0.05, 0.1) is 0 Å². The number of hydrogen-bond acceptors (Lipinski definition) is 6. The van der Waals surface area contributed by atoms with Crippen molar-refractivity contribution in [2.75, 3.05) is 29.7 Å². The molecule has 5 nitrogen and oxygen atoms in total. The molecule has 3 rings (SSSR count). The summed E-state index contributed by atoms with van der Waals surface area (Å²) in [5.74, 6) is 9.01. The summed E-state index contributed by atoms with van der Waals surface area (Å²) in [7, 11) is 0. The van der Waals surface area contributed by atoms with Gasteiger partial charge in [-0.15, -0.1) is 0 Å². The average molecular weight is 293 g/mol. The highest BCUT2D eigenvalue weighted by atomic mass is 32.2. The molecule has 1 saturated carbocycles. The fourth-order valence-corrected chi connectivity index (χ4v) is 3.92. The summed E-state index contributed by atoms with van der Waals surface area (Å²) in [5.41, 5.74) is 2.65. The standard InChI is InChI=1S/C14H23N5S/c1-20-14-16-12(18-15)8-13(17-14)19-7-6-10-4-2-3-5-11(10)9-19/h8,10-11H,2-7,9,15H2,1H3,(H,16,17,18). The Balaban J connectivity index is 1.78. The van der Waals surface area contributed by atoms with Gasteiger partial charge in [0, 0.05) is 19.2 Å². The minimum Gasteiger partial charge on any atom is -0.356 e. The van der Waals surface area contributed by atoms with E-state index in [9.17, 15) is 0 Å². The number of thioether (sulfide) groups is 1. The van der Waals surface area contributed by atoms with Crippen molar-refractivity contribution in [1.29, 1.82) is 0 Å². The highest BCUT2D eigenvalue weighted by Crippen LogP contribution is 2.37. The molecule has 1 saturated heterocycles. The summed E-state index contributed by atoms with van der Waals surface area (Å²) in [6.07, 6.45) is 8.91. The van der Waals surface area contributed by atoms with Crippen LogP contribution in [0.2, 0.25) is 0 Å². The van der Waals surface area contributed by atoms with Crippen LogP contribution in [-0.4, -0.2) is 29.3 Å². The van der Waals surface area contributed by atoms with Gasteiger partial charge in [0.1, 0.15) is 11.6 Å². The number of nitrogens with two attached hydrogens (primary N) is 1. The number of nitrogen functional groups attached to an aromatic ring is 1. The number of fused-ring (bicyclic) bond motifs is 1. The normalized spacial score (nSPS) is 26.2. The molecule has 1 aromatic heterocycles. The van der Waals surface area contributed by atoms with Gasteiger partial charge in [0.2, 0.25) is 0 Å². The molecular weight excluding hydrogens is 270 g/mol. The van der Waals surface area contributed by atoms with Crippen molar-refractivity contribution in [3.63, 3.8) is 0 Å². The third-order valence-electron chi connectivity index (χ3n) is 4.64. The van der Waals surface area contributed by atoms with E-state index in [2.05, 4.69) is 20.3 Å². The first kappa shape index (κ1) is 13.9. The zero-order valence-corrected chi connectivity index (χ0v) is 12.8. The third-order valence-corrected chi connectivity index (χ3v) is 5.19. The molecule has 0 spiro atoms. The molecule has 0 radical (unpaired) electrons. The molecule has 20 heavy (non-hydrogen) atoms. The number of hydrazine groups is 1. The summed E-state index contributed by atoms with van der Waals surface area (Å²) in [4.78, 5) is 11.4. The van der Waals surface area contributed by atoms with Crippen LogP contribution in [0.3, 0.4) is 0 Å². The van der Waals surface area contributed by atoms with Gasteiger partial charge in [-0.2, -0.15) is 0 Å². The topological polar surface area (TPSA) is 67.1 Å². The van der Waals surface area contributed by atoms with Crippen molar-refractivity contribution in [3.05, 3.63) is 6.07 Å². The van der Waals surface area contributed by atoms with Crippen LogP contribution in [-0.2, 0) is 0 Å². The number of nitrogens with zero attached hydrogens (tertiary/aromatic N) is 3. The van der Waals surface area contributed by atoms with Crippen LogP contribution < -0.4 is 16.2 Å². The lowest BCUT2D eigenvalue weighted by Gasteiger charge is -2.41. The Bertz CT molecular complexity index is 445. The van der Waals surface area contributed by atoms with Gasteiger partial charge in [-0.1, -0.05) is 31.0 Å². The predicted molar refractivity (Wildman–Crippen MR) is 83.9 cm³/mol. The predicted octanol–water partition coefficient (Wildman–Crippen LogP) is 2.50. The minimum absolute atomic E-state index is 0.699. The van der Waals surface area contributed by atoms with Crippen LogP contribution in [0.1, 0.15) is 32.1 Å². The van der Waals surface area contributed by atoms with Gasteiger partial charge in [-0.05, 0) is 30.9 Å². The van der Waals surface area contributed by atoms with Crippen LogP contribution >= 0.6 is 11.8 Å².